The molecular formula is C16H20N2O3S. The van der Waals surface area contributed by atoms with E-state index in [0.717, 1.165) is 17.4 Å². The van der Waals surface area contributed by atoms with E-state index in [9.17, 15) is 13.2 Å². The summed E-state index contributed by atoms with van der Waals surface area (Å²) in [5, 5.41) is 3.82. The van der Waals surface area contributed by atoms with Gasteiger partial charge in [0.15, 0.2) is 9.84 Å². The van der Waals surface area contributed by atoms with Gasteiger partial charge < -0.3 is 9.88 Å². The molecule has 0 radical (unpaired) electrons. The van der Waals surface area contributed by atoms with E-state index in [1.807, 2.05) is 42.0 Å². The van der Waals surface area contributed by atoms with Gasteiger partial charge in [-0.15, -0.1) is 0 Å². The van der Waals surface area contributed by atoms with Gasteiger partial charge >= 0.3 is 0 Å². The van der Waals surface area contributed by atoms with Crippen LogP contribution in [0.1, 0.15) is 23.7 Å². The smallest absolute Gasteiger partial charge is 0.253 e. The van der Waals surface area contributed by atoms with Crippen LogP contribution in [0, 0.1) is 5.92 Å². The first-order chi connectivity index (χ1) is 10.5. The fourth-order valence-corrected chi connectivity index (χ4v) is 4.92. The summed E-state index contributed by atoms with van der Waals surface area (Å²) >= 11 is 0. The molecule has 1 aliphatic heterocycles. The molecule has 1 N–H and O–H groups in total. The number of hydrogen-bond acceptors (Lipinski definition) is 3. The summed E-state index contributed by atoms with van der Waals surface area (Å²) < 4.78 is 25.0. The molecule has 1 aliphatic rings. The summed E-state index contributed by atoms with van der Waals surface area (Å²) in [4.78, 5) is 12.4. The molecule has 1 atom stereocenters. The van der Waals surface area contributed by atoms with Crippen LogP contribution in [0.15, 0.2) is 30.5 Å². The summed E-state index contributed by atoms with van der Waals surface area (Å²) in [5.74, 6) is 0.327. The Balaban J connectivity index is 1.76. The van der Waals surface area contributed by atoms with E-state index in [4.69, 9.17) is 0 Å². The molecular weight excluding hydrogens is 300 g/mol. The van der Waals surface area contributed by atoms with Crippen molar-refractivity contribution in [3.63, 3.8) is 0 Å². The van der Waals surface area contributed by atoms with Crippen LogP contribution >= 0.6 is 0 Å². The normalized spacial score (nSPS) is 20.3. The van der Waals surface area contributed by atoms with Gasteiger partial charge in [-0.25, -0.2) is 8.42 Å². The lowest BCUT2D eigenvalue weighted by Crippen LogP contribution is -2.29. The summed E-state index contributed by atoms with van der Waals surface area (Å²) in [5.41, 5.74) is 1.69. The van der Waals surface area contributed by atoms with E-state index >= 15 is 0 Å². The molecule has 1 aromatic carbocycles. The molecule has 5 nitrogen and oxygen atoms in total. The van der Waals surface area contributed by atoms with Crippen LogP contribution in [0.4, 0.5) is 0 Å². The van der Waals surface area contributed by atoms with E-state index in [0.29, 0.717) is 18.5 Å². The minimum atomic E-state index is -2.90. The average molecular weight is 320 g/mol. The molecule has 22 heavy (non-hydrogen) atoms. The Morgan fingerprint density at radius 1 is 1.36 bits per heavy atom. The minimum Gasteiger partial charge on any atom is -0.352 e. The third kappa shape index (κ3) is 2.88. The quantitative estimate of drug-likeness (QED) is 0.934. The number of fused-ring (bicyclic) bond motifs is 1. The third-order valence-electron chi connectivity index (χ3n) is 4.25. The average Bonchev–Trinajstić information content (AvgIpc) is 3.05. The molecule has 1 saturated heterocycles. The maximum absolute atomic E-state index is 12.4. The zero-order valence-electron chi connectivity index (χ0n) is 12.6. The molecule has 6 heteroatoms. The first-order valence-electron chi connectivity index (χ1n) is 7.56. The maximum atomic E-state index is 12.4. The van der Waals surface area contributed by atoms with Crippen molar-refractivity contribution in [2.45, 2.75) is 19.9 Å². The summed E-state index contributed by atoms with van der Waals surface area (Å²) in [6, 6.07) is 7.82. The Morgan fingerprint density at radius 3 is 2.82 bits per heavy atom. The Morgan fingerprint density at radius 2 is 2.14 bits per heavy atom. The predicted octanol–water partition coefficient (Wildman–Crippen LogP) is 1.83. The second kappa shape index (κ2) is 5.76. The number of aromatic nitrogens is 1. The number of carbonyl (C=O) groups is 1. The molecule has 0 unspecified atom stereocenters. The van der Waals surface area contributed by atoms with Gasteiger partial charge in [0.05, 0.1) is 17.1 Å². The van der Waals surface area contributed by atoms with Crippen LogP contribution in [-0.4, -0.2) is 36.9 Å². The molecule has 0 bridgehead atoms. The van der Waals surface area contributed by atoms with Crippen molar-refractivity contribution in [1.82, 2.24) is 9.88 Å². The van der Waals surface area contributed by atoms with E-state index in [1.54, 1.807) is 0 Å². The number of aryl methyl sites for hydroxylation is 1. The van der Waals surface area contributed by atoms with Crippen LogP contribution in [-0.2, 0) is 16.4 Å². The standard InChI is InChI=1S/C16H20N2O3S/c1-2-18-10-14(13-5-3-4-6-15(13)18)16(19)17-9-12-7-8-22(20,21)11-12/h3-6,10,12H,2,7-9,11H2,1H3,(H,17,19)/t12-/m0/s1. The highest BCUT2D eigenvalue weighted by Crippen LogP contribution is 2.22. The summed E-state index contributed by atoms with van der Waals surface area (Å²) in [7, 11) is -2.90. The topological polar surface area (TPSA) is 68.2 Å². The third-order valence-corrected chi connectivity index (χ3v) is 6.09. The lowest BCUT2D eigenvalue weighted by molar-refractivity contribution is 0.0950. The lowest BCUT2D eigenvalue weighted by Gasteiger charge is -2.09. The van der Waals surface area contributed by atoms with Crippen LogP contribution in [0.3, 0.4) is 0 Å². The van der Waals surface area contributed by atoms with Gasteiger partial charge in [-0.2, -0.15) is 0 Å². The number of nitrogens with one attached hydrogen (secondary N) is 1. The van der Waals surface area contributed by atoms with E-state index in [2.05, 4.69) is 5.32 Å². The van der Waals surface area contributed by atoms with Crippen LogP contribution < -0.4 is 5.32 Å². The van der Waals surface area contributed by atoms with Crippen LogP contribution in [0.2, 0.25) is 0 Å². The molecule has 0 spiro atoms. The number of amides is 1. The van der Waals surface area contributed by atoms with Crippen LogP contribution in [0.25, 0.3) is 10.9 Å². The Hall–Kier alpha value is -1.82. The van der Waals surface area contributed by atoms with Crippen molar-refractivity contribution in [3.8, 4) is 0 Å². The number of sulfone groups is 1. The molecule has 2 aromatic rings. The molecule has 1 amide bonds. The summed E-state index contributed by atoms with van der Waals surface area (Å²) in [6.07, 6.45) is 2.50. The molecule has 118 valence electrons. The number of para-hydroxylation sites is 1. The molecule has 0 aliphatic carbocycles. The molecule has 1 aromatic heterocycles. The fraction of sp³-hybridized carbons (Fsp3) is 0.438. The van der Waals surface area contributed by atoms with Gasteiger partial charge in [-0.05, 0) is 25.3 Å². The van der Waals surface area contributed by atoms with Crippen molar-refractivity contribution in [1.29, 1.82) is 0 Å². The van der Waals surface area contributed by atoms with Crippen molar-refractivity contribution in [3.05, 3.63) is 36.0 Å². The number of benzene rings is 1. The van der Waals surface area contributed by atoms with Gasteiger partial charge in [-0.3, -0.25) is 4.79 Å². The highest BCUT2D eigenvalue weighted by Gasteiger charge is 2.28. The largest absolute Gasteiger partial charge is 0.352 e. The Labute approximate surface area is 130 Å². The first-order valence-corrected chi connectivity index (χ1v) is 9.39. The van der Waals surface area contributed by atoms with E-state index in [-0.39, 0.29) is 23.3 Å². The van der Waals surface area contributed by atoms with E-state index < -0.39 is 9.84 Å². The maximum Gasteiger partial charge on any atom is 0.253 e. The number of rotatable bonds is 4. The number of nitrogens with zero attached hydrogens (tertiary/aromatic N) is 1. The van der Waals surface area contributed by atoms with Gasteiger partial charge in [0, 0.05) is 30.2 Å². The zero-order valence-corrected chi connectivity index (χ0v) is 13.4. The Bertz CT molecular complexity index is 808. The van der Waals surface area contributed by atoms with Gasteiger partial charge in [0.2, 0.25) is 0 Å². The molecule has 3 rings (SSSR count). The van der Waals surface area contributed by atoms with Crippen molar-refractivity contribution in [2.24, 2.45) is 5.92 Å². The SMILES string of the molecule is CCn1cc(C(=O)NC[C@@H]2CCS(=O)(=O)C2)c2ccccc21. The Kier molecular flexibility index (Phi) is 3.95. The van der Waals surface area contributed by atoms with Crippen molar-refractivity contribution >= 4 is 26.6 Å². The first kappa shape index (κ1) is 15.1. The van der Waals surface area contributed by atoms with Gasteiger partial charge in [0.25, 0.3) is 5.91 Å². The zero-order chi connectivity index (χ0) is 15.7. The highest BCUT2D eigenvalue weighted by molar-refractivity contribution is 7.91. The van der Waals surface area contributed by atoms with Gasteiger partial charge in [-0.1, -0.05) is 18.2 Å². The molecule has 0 saturated carbocycles. The van der Waals surface area contributed by atoms with E-state index in [1.165, 1.54) is 0 Å². The highest BCUT2D eigenvalue weighted by atomic mass is 32.2. The number of carbonyl (C=O) groups excluding carboxylic acids is 1. The fourth-order valence-electron chi connectivity index (χ4n) is 3.05. The van der Waals surface area contributed by atoms with Crippen LogP contribution in [0.5, 0.6) is 0 Å². The van der Waals surface area contributed by atoms with Crippen molar-refractivity contribution in [2.75, 3.05) is 18.1 Å². The monoisotopic (exact) mass is 320 g/mol. The predicted molar refractivity (Wildman–Crippen MR) is 86.7 cm³/mol. The minimum absolute atomic E-state index is 0.0356. The molecule has 2 heterocycles. The second-order valence-corrected chi connectivity index (χ2v) is 8.05. The summed E-state index contributed by atoms with van der Waals surface area (Å²) in [6.45, 7) is 3.26. The second-order valence-electron chi connectivity index (χ2n) is 5.83. The number of hydrogen-bond donors (Lipinski definition) is 1. The van der Waals surface area contributed by atoms with Gasteiger partial charge in [0.1, 0.15) is 0 Å². The lowest BCUT2D eigenvalue weighted by atomic mass is 10.1. The van der Waals surface area contributed by atoms with Crippen molar-refractivity contribution < 1.29 is 13.2 Å². The molecule has 1 fully saturated rings.